The van der Waals surface area contributed by atoms with Gasteiger partial charge in [-0.2, -0.15) is 0 Å². The lowest BCUT2D eigenvalue weighted by Crippen LogP contribution is -2.60. The Bertz CT molecular complexity index is 1640. The van der Waals surface area contributed by atoms with Crippen molar-refractivity contribution in [1.82, 2.24) is 0 Å². The van der Waals surface area contributed by atoms with Crippen LogP contribution in [0.25, 0.3) is 0 Å². The van der Waals surface area contributed by atoms with Gasteiger partial charge in [-0.15, -0.1) is 0 Å². The van der Waals surface area contributed by atoms with Crippen LogP contribution >= 0.6 is 0 Å². The maximum atomic E-state index is 12.6. The van der Waals surface area contributed by atoms with E-state index in [0.717, 1.165) is 63.2 Å². The molecule has 0 spiro atoms. The van der Waals surface area contributed by atoms with Crippen molar-refractivity contribution >= 4 is 29.8 Å². The summed E-state index contributed by atoms with van der Waals surface area (Å²) in [4.78, 5) is 60.2. The number of hydrogen-bond acceptors (Lipinski definition) is 12. The molecular weight excluding hydrogens is 781 g/mol. The number of rotatable bonds is 12. The topological polar surface area (TPSA) is 161 Å². The largest absolute Gasteiger partial charge is 0.461 e. The molecule has 3 saturated heterocycles. The van der Waals surface area contributed by atoms with Crippen LogP contribution in [0.15, 0.2) is 0 Å². The Morgan fingerprint density at radius 2 is 1.20 bits per heavy atom. The zero-order valence-corrected chi connectivity index (χ0v) is 38.8. The lowest BCUT2D eigenvalue weighted by atomic mass is 9.49. The van der Waals surface area contributed by atoms with Gasteiger partial charge in [0.1, 0.15) is 17.8 Å². The van der Waals surface area contributed by atoms with E-state index < -0.39 is 41.8 Å². The predicted molar refractivity (Wildman–Crippen MR) is 224 cm³/mol. The van der Waals surface area contributed by atoms with Crippen LogP contribution in [0, 0.1) is 63.6 Å². The fourth-order valence-corrected chi connectivity index (χ4v) is 12.8. The molecule has 8 aliphatic carbocycles. The first-order valence-electron chi connectivity index (χ1n) is 24.0. The highest BCUT2D eigenvalue weighted by Gasteiger charge is 2.65. The Labute approximate surface area is 363 Å². The highest BCUT2D eigenvalue weighted by Crippen LogP contribution is 2.61. The molecule has 0 aromatic carbocycles. The molecule has 7 unspecified atom stereocenters. The SMILES string of the molecule is CCC(C)(C)C(=O)OC1(CC)C2CC3CC(C2)CC1C3.CCC(C)(C)C(=O)OC1C2CC3CC1CC(O)(C3)C2.CCC(C)(C)C(=O)OCC(=O)OC1C2CC3C(=O)OC1C3O2. The molecule has 0 aromatic rings. The van der Waals surface area contributed by atoms with E-state index in [4.69, 9.17) is 28.4 Å². The third kappa shape index (κ3) is 8.89. The molecule has 12 nitrogen and oxygen atoms in total. The molecule has 10 bridgehead atoms. The third-order valence-electron chi connectivity index (χ3n) is 17.4. The van der Waals surface area contributed by atoms with Crippen molar-refractivity contribution in [1.29, 1.82) is 0 Å². The number of aliphatic hydroxyl groups is 1. The second-order valence-electron chi connectivity index (χ2n) is 22.7. The van der Waals surface area contributed by atoms with E-state index in [1.54, 1.807) is 13.8 Å². The molecule has 61 heavy (non-hydrogen) atoms. The van der Waals surface area contributed by atoms with Crippen LogP contribution in [0.5, 0.6) is 0 Å². The first-order valence-corrected chi connectivity index (χ1v) is 24.0. The summed E-state index contributed by atoms with van der Waals surface area (Å²) < 4.78 is 33.3. The first kappa shape index (κ1) is 46.3. The highest BCUT2D eigenvalue weighted by atomic mass is 16.7. The van der Waals surface area contributed by atoms with Gasteiger partial charge < -0.3 is 33.5 Å². The number of ether oxygens (including phenoxy) is 6. The molecule has 8 saturated carbocycles. The Hall–Kier alpha value is -2.73. The van der Waals surface area contributed by atoms with Crippen LogP contribution in [-0.4, -0.2) is 83.3 Å². The van der Waals surface area contributed by atoms with Crippen molar-refractivity contribution in [2.24, 2.45) is 63.6 Å². The van der Waals surface area contributed by atoms with Crippen molar-refractivity contribution in [2.45, 2.75) is 207 Å². The molecule has 0 aromatic heterocycles. The summed E-state index contributed by atoms with van der Waals surface area (Å²) in [7, 11) is 0. The van der Waals surface area contributed by atoms with Crippen molar-refractivity contribution < 1.29 is 57.5 Å². The summed E-state index contributed by atoms with van der Waals surface area (Å²) in [6.45, 7) is 19.2. The normalized spacial score (nSPS) is 40.6. The smallest absolute Gasteiger partial charge is 0.344 e. The molecule has 11 fully saturated rings. The Morgan fingerprint density at radius 1 is 0.656 bits per heavy atom. The Balaban J connectivity index is 0.000000138. The Kier molecular flexibility index (Phi) is 12.9. The molecule has 3 aliphatic heterocycles. The molecule has 12 heteroatoms. The first-order chi connectivity index (χ1) is 28.6. The molecule has 1 N–H and O–H groups in total. The summed E-state index contributed by atoms with van der Waals surface area (Å²) in [5, 5.41) is 10.5. The molecule has 11 aliphatic rings. The minimum absolute atomic E-state index is 0.0364. The molecule has 7 atom stereocenters. The van der Waals surface area contributed by atoms with Gasteiger partial charge in [-0.3, -0.25) is 19.2 Å². The summed E-state index contributed by atoms with van der Waals surface area (Å²) >= 11 is 0. The van der Waals surface area contributed by atoms with Gasteiger partial charge in [-0.05, 0) is 179 Å². The van der Waals surface area contributed by atoms with Gasteiger partial charge in [-0.1, -0.05) is 27.7 Å². The third-order valence-corrected chi connectivity index (χ3v) is 17.4. The Morgan fingerprint density at radius 3 is 1.72 bits per heavy atom. The molecule has 0 radical (unpaired) electrons. The van der Waals surface area contributed by atoms with E-state index in [1.165, 1.54) is 32.1 Å². The lowest BCUT2D eigenvalue weighted by molar-refractivity contribution is -0.218. The monoisotopic (exact) mass is 857 g/mol. The fraction of sp³-hybridized carbons (Fsp3) is 0.898. The van der Waals surface area contributed by atoms with Gasteiger partial charge in [-0.25, -0.2) is 4.79 Å². The molecule has 344 valence electrons. The van der Waals surface area contributed by atoms with E-state index in [2.05, 4.69) is 13.8 Å². The second kappa shape index (κ2) is 17.0. The van der Waals surface area contributed by atoms with Crippen LogP contribution in [0.1, 0.15) is 166 Å². The molecular formula is C49H76O12. The molecule has 0 amide bonds. The van der Waals surface area contributed by atoms with Crippen molar-refractivity contribution in [2.75, 3.05) is 6.61 Å². The van der Waals surface area contributed by atoms with Crippen LogP contribution in [-0.2, 0) is 52.4 Å². The number of carbonyl (C=O) groups excluding carboxylic acids is 5. The van der Waals surface area contributed by atoms with Crippen LogP contribution in [0.4, 0.5) is 0 Å². The molecule has 11 rings (SSSR count). The van der Waals surface area contributed by atoms with Gasteiger partial charge in [0.25, 0.3) is 0 Å². The van der Waals surface area contributed by atoms with E-state index >= 15 is 0 Å². The fourth-order valence-electron chi connectivity index (χ4n) is 12.8. The van der Waals surface area contributed by atoms with Gasteiger partial charge in [0.05, 0.1) is 33.9 Å². The highest BCUT2D eigenvalue weighted by molar-refractivity contribution is 5.80. The number of hydrogen-bond donors (Lipinski definition) is 1. The summed E-state index contributed by atoms with van der Waals surface area (Å²) in [6.07, 6.45) is 13.7. The average Bonchev–Trinajstić information content (AvgIpc) is 3.85. The summed E-state index contributed by atoms with van der Waals surface area (Å²) in [5.74, 6) is 2.96. The summed E-state index contributed by atoms with van der Waals surface area (Å²) in [5.41, 5.74) is -1.93. The summed E-state index contributed by atoms with van der Waals surface area (Å²) in [6, 6.07) is 0. The predicted octanol–water partition coefficient (Wildman–Crippen LogP) is 8.07. The zero-order valence-electron chi connectivity index (χ0n) is 38.8. The second-order valence-corrected chi connectivity index (χ2v) is 22.7. The zero-order chi connectivity index (χ0) is 44.4. The lowest BCUT2D eigenvalue weighted by Gasteiger charge is -2.60. The van der Waals surface area contributed by atoms with E-state index in [1.807, 2.05) is 41.5 Å². The minimum Gasteiger partial charge on any atom is -0.461 e. The number of fused-ring (bicyclic) bond motifs is 1. The van der Waals surface area contributed by atoms with Crippen LogP contribution in [0.3, 0.4) is 0 Å². The maximum absolute atomic E-state index is 12.6. The van der Waals surface area contributed by atoms with E-state index in [0.29, 0.717) is 42.4 Å². The number of carbonyl (C=O) groups is 5. The standard InChI is InChI=1S/C18H30O2.C16H26O3.C15H20O7/c1-5-17(3,4)16(19)20-18(6-2)14-8-12-7-13(10-14)11-15(18)9-12;1-4-15(2,3)14(17)19-13-11-5-10-6-12(13)9-16(18,7-10)8-11;1-4-15(2,3)14(18)19-6-9(16)21-11-8-5-7-10(20-8)12(11)22-13(7)17/h12-15H,5-11H2,1-4H3;10-13,18H,4-9H2,1-3H3;7-8,10-12H,4-6H2,1-3H3. The minimum atomic E-state index is -0.652. The van der Waals surface area contributed by atoms with Gasteiger partial charge in [0.15, 0.2) is 18.8 Å². The van der Waals surface area contributed by atoms with Crippen LogP contribution < -0.4 is 0 Å². The van der Waals surface area contributed by atoms with Crippen molar-refractivity contribution in [3.63, 3.8) is 0 Å². The number of esters is 5. The van der Waals surface area contributed by atoms with Crippen LogP contribution in [0.2, 0.25) is 0 Å². The van der Waals surface area contributed by atoms with Gasteiger partial charge in [0.2, 0.25) is 0 Å². The quantitative estimate of drug-likeness (QED) is 0.149. The average molecular weight is 857 g/mol. The van der Waals surface area contributed by atoms with E-state index in [9.17, 15) is 29.1 Å². The van der Waals surface area contributed by atoms with Gasteiger partial charge >= 0.3 is 29.8 Å². The van der Waals surface area contributed by atoms with Crippen molar-refractivity contribution in [3.8, 4) is 0 Å². The van der Waals surface area contributed by atoms with Gasteiger partial charge in [0, 0.05) is 0 Å². The van der Waals surface area contributed by atoms with Crippen molar-refractivity contribution in [3.05, 3.63) is 0 Å². The maximum Gasteiger partial charge on any atom is 0.344 e. The van der Waals surface area contributed by atoms with E-state index in [-0.39, 0.29) is 58.6 Å². The molecule has 3 heterocycles.